The molecule has 1 heterocycles. The Morgan fingerprint density at radius 2 is 1.96 bits per heavy atom. The first-order valence-corrected chi connectivity index (χ1v) is 9.49. The molecule has 0 saturated heterocycles. The lowest BCUT2D eigenvalue weighted by atomic mass is 10.0. The molecule has 0 spiro atoms. The maximum Gasteiger partial charge on any atom is 0.328 e. The zero-order chi connectivity index (χ0) is 19.9. The molecule has 1 N–H and O–H groups in total. The zero-order valence-corrected chi connectivity index (χ0v) is 16.3. The van der Waals surface area contributed by atoms with E-state index >= 15 is 0 Å². The second-order valence-electron chi connectivity index (χ2n) is 6.90. The number of carbonyl (C=O) groups excluding carboxylic acids is 2. The number of rotatable bonds is 7. The van der Waals surface area contributed by atoms with E-state index in [1.807, 2.05) is 36.4 Å². The Morgan fingerprint density at radius 1 is 1.18 bits per heavy atom. The van der Waals surface area contributed by atoms with Crippen LogP contribution in [-0.4, -0.2) is 36.2 Å². The van der Waals surface area contributed by atoms with Gasteiger partial charge in [-0.25, -0.2) is 4.79 Å². The number of ether oxygens (including phenoxy) is 2. The van der Waals surface area contributed by atoms with Gasteiger partial charge in [0.05, 0.1) is 6.61 Å². The minimum atomic E-state index is -0.694. The molecule has 28 heavy (non-hydrogen) atoms. The van der Waals surface area contributed by atoms with E-state index in [1.54, 1.807) is 6.92 Å². The van der Waals surface area contributed by atoms with Gasteiger partial charge < -0.3 is 14.8 Å². The first-order valence-electron chi connectivity index (χ1n) is 9.49. The zero-order valence-electron chi connectivity index (χ0n) is 16.3. The maximum atomic E-state index is 12.2. The van der Waals surface area contributed by atoms with Crippen molar-refractivity contribution in [2.24, 2.45) is 0 Å². The van der Waals surface area contributed by atoms with Crippen molar-refractivity contribution in [2.45, 2.75) is 39.4 Å². The molecule has 2 aromatic rings. The first-order chi connectivity index (χ1) is 13.5. The van der Waals surface area contributed by atoms with Crippen molar-refractivity contribution in [3.8, 4) is 5.75 Å². The van der Waals surface area contributed by atoms with Crippen molar-refractivity contribution < 1.29 is 19.1 Å². The van der Waals surface area contributed by atoms with E-state index in [4.69, 9.17) is 9.47 Å². The van der Waals surface area contributed by atoms with E-state index in [9.17, 15) is 9.59 Å². The molecule has 0 aromatic heterocycles. The average Bonchev–Trinajstić information content (AvgIpc) is 2.68. The van der Waals surface area contributed by atoms with E-state index in [-0.39, 0.29) is 12.5 Å². The number of nitrogens with zero attached hydrogens (tertiary/aromatic N) is 1. The third-order valence-corrected chi connectivity index (χ3v) is 4.56. The summed E-state index contributed by atoms with van der Waals surface area (Å²) in [6.45, 7) is 5.54. The van der Waals surface area contributed by atoms with Crippen LogP contribution in [0.15, 0.2) is 48.5 Å². The smallest absolute Gasteiger partial charge is 0.328 e. The minimum Gasteiger partial charge on any atom is -0.478 e. The van der Waals surface area contributed by atoms with Crippen molar-refractivity contribution in [2.75, 3.05) is 13.3 Å². The summed E-state index contributed by atoms with van der Waals surface area (Å²) in [4.78, 5) is 25.8. The van der Waals surface area contributed by atoms with Crippen LogP contribution in [0.1, 0.15) is 30.5 Å². The summed E-state index contributed by atoms with van der Waals surface area (Å²) in [6.07, 6.45) is 0.379. The average molecular weight is 382 g/mol. The van der Waals surface area contributed by atoms with Gasteiger partial charge in [-0.3, -0.25) is 9.69 Å². The maximum absolute atomic E-state index is 12.2. The second kappa shape index (κ2) is 9.37. The van der Waals surface area contributed by atoms with Gasteiger partial charge in [-0.1, -0.05) is 42.5 Å². The topological polar surface area (TPSA) is 67.9 Å². The molecule has 1 atom stereocenters. The normalized spacial score (nSPS) is 14.5. The Labute approximate surface area is 165 Å². The van der Waals surface area contributed by atoms with Gasteiger partial charge in [0.15, 0.2) is 0 Å². The van der Waals surface area contributed by atoms with Gasteiger partial charge >= 0.3 is 5.97 Å². The highest BCUT2D eigenvalue weighted by atomic mass is 16.5. The Hall–Kier alpha value is -2.86. The van der Waals surface area contributed by atoms with E-state index in [1.165, 1.54) is 12.5 Å². The van der Waals surface area contributed by atoms with E-state index in [0.717, 1.165) is 30.0 Å². The predicted molar refractivity (Wildman–Crippen MR) is 106 cm³/mol. The molecule has 2 aromatic carbocycles. The Kier molecular flexibility index (Phi) is 6.66. The van der Waals surface area contributed by atoms with Gasteiger partial charge in [0.2, 0.25) is 5.91 Å². The van der Waals surface area contributed by atoms with E-state index in [0.29, 0.717) is 13.2 Å². The third kappa shape index (κ3) is 5.33. The fourth-order valence-electron chi connectivity index (χ4n) is 3.33. The molecule has 1 aliphatic rings. The fourth-order valence-corrected chi connectivity index (χ4v) is 3.33. The van der Waals surface area contributed by atoms with Crippen LogP contribution in [0.3, 0.4) is 0 Å². The Morgan fingerprint density at radius 3 is 2.68 bits per heavy atom. The molecule has 0 fully saturated rings. The van der Waals surface area contributed by atoms with Crippen LogP contribution in [0, 0.1) is 0 Å². The number of esters is 1. The molecule has 1 aliphatic heterocycles. The third-order valence-electron chi connectivity index (χ3n) is 4.56. The van der Waals surface area contributed by atoms with Gasteiger partial charge in [0.25, 0.3) is 0 Å². The quantitative estimate of drug-likeness (QED) is 0.746. The summed E-state index contributed by atoms with van der Waals surface area (Å²) in [5, 5.41) is 2.68. The molecule has 6 nitrogen and oxygen atoms in total. The summed E-state index contributed by atoms with van der Waals surface area (Å²) < 4.78 is 11.0. The number of fused-ring (bicyclic) bond motifs is 1. The van der Waals surface area contributed by atoms with Crippen LogP contribution in [0.5, 0.6) is 5.75 Å². The predicted octanol–water partition coefficient (Wildman–Crippen LogP) is 2.65. The highest BCUT2D eigenvalue weighted by Gasteiger charge is 2.23. The van der Waals surface area contributed by atoms with Crippen molar-refractivity contribution in [3.63, 3.8) is 0 Å². The van der Waals surface area contributed by atoms with Crippen LogP contribution >= 0.6 is 0 Å². The monoisotopic (exact) mass is 382 g/mol. The van der Waals surface area contributed by atoms with E-state index in [2.05, 4.69) is 22.3 Å². The lowest BCUT2D eigenvalue weighted by Crippen LogP contribution is -2.42. The highest BCUT2D eigenvalue weighted by molar-refractivity contribution is 5.83. The molecule has 0 radical (unpaired) electrons. The molecule has 6 heteroatoms. The summed E-state index contributed by atoms with van der Waals surface area (Å²) in [5.41, 5.74) is 3.26. The second-order valence-corrected chi connectivity index (χ2v) is 6.90. The van der Waals surface area contributed by atoms with Crippen molar-refractivity contribution in [3.05, 3.63) is 65.2 Å². The summed E-state index contributed by atoms with van der Waals surface area (Å²) in [6, 6.07) is 15.5. The van der Waals surface area contributed by atoms with Crippen LogP contribution in [-0.2, 0) is 33.8 Å². The largest absolute Gasteiger partial charge is 0.478 e. The first kappa shape index (κ1) is 19.9. The standard InChI is InChI=1S/C22H26N2O4/c1-3-27-22(26)20(23-16(2)25)12-18-9-10-21-19(11-18)14-24(15-28-21)13-17-7-5-4-6-8-17/h4-11,20H,3,12-15H2,1-2H3,(H,23,25). The lowest BCUT2D eigenvalue weighted by molar-refractivity contribution is -0.147. The molecule has 0 bridgehead atoms. The van der Waals surface area contributed by atoms with Gasteiger partial charge in [0.1, 0.15) is 18.5 Å². The van der Waals surface area contributed by atoms with Crippen LogP contribution in [0.25, 0.3) is 0 Å². The van der Waals surface area contributed by atoms with Crippen LogP contribution in [0.2, 0.25) is 0 Å². The van der Waals surface area contributed by atoms with Gasteiger partial charge in [-0.05, 0) is 24.1 Å². The molecular formula is C22H26N2O4. The number of hydrogen-bond acceptors (Lipinski definition) is 5. The SMILES string of the molecule is CCOC(=O)C(Cc1ccc2c(c1)CN(Cc1ccccc1)CO2)NC(C)=O. The summed E-state index contributed by atoms with van der Waals surface area (Å²) in [7, 11) is 0. The molecule has 1 unspecified atom stereocenters. The van der Waals surface area contributed by atoms with Crippen molar-refractivity contribution >= 4 is 11.9 Å². The molecule has 3 rings (SSSR count). The molecular weight excluding hydrogens is 356 g/mol. The summed E-state index contributed by atoms with van der Waals surface area (Å²) in [5.74, 6) is 0.186. The minimum absolute atomic E-state index is 0.256. The highest BCUT2D eigenvalue weighted by Crippen LogP contribution is 2.27. The number of nitrogens with one attached hydrogen (secondary N) is 1. The number of carbonyl (C=O) groups is 2. The van der Waals surface area contributed by atoms with E-state index < -0.39 is 12.0 Å². The van der Waals surface area contributed by atoms with Crippen molar-refractivity contribution in [1.82, 2.24) is 10.2 Å². The number of benzene rings is 2. The Balaban J connectivity index is 1.70. The van der Waals surface area contributed by atoms with Gasteiger partial charge in [-0.2, -0.15) is 0 Å². The molecule has 148 valence electrons. The number of amides is 1. The number of hydrogen-bond donors (Lipinski definition) is 1. The lowest BCUT2D eigenvalue weighted by Gasteiger charge is -2.29. The summed E-state index contributed by atoms with van der Waals surface area (Å²) >= 11 is 0. The van der Waals surface area contributed by atoms with Gasteiger partial charge in [0, 0.05) is 32.0 Å². The van der Waals surface area contributed by atoms with Crippen LogP contribution in [0.4, 0.5) is 0 Å². The van der Waals surface area contributed by atoms with Crippen LogP contribution < -0.4 is 10.1 Å². The van der Waals surface area contributed by atoms with Crippen molar-refractivity contribution in [1.29, 1.82) is 0 Å². The van der Waals surface area contributed by atoms with Gasteiger partial charge in [-0.15, -0.1) is 0 Å². The fraction of sp³-hybridized carbons (Fsp3) is 0.364. The molecule has 0 saturated carbocycles. The molecule has 0 aliphatic carbocycles. The Bertz CT molecular complexity index is 823. The molecule has 1 amide bonds.